The van der Waals surface area contributed by atoms with Gasteiger partial charge in [-0.3, -0.25) is 0 Å². The van der Waals surface area contributed by atoms with Gasteiger partial charge in [0.1, 0.15) is 0 Å². The molecule has 0 aromatic carbocycles. The van der Waals surface area contributed by atoms with E-state index in [1.165, 1.54) is 0 Å². The van der Waals surface area contributed by atoms with Gasteiger partial charge < -0.3 is 10.6 Å². The van der Waals surface area contributed by atoms with Crippen molar-refractivity contribution in [3.63, 3.8) is 0 Å². The summed E-state index contributed by atoms with van der Waals surface area (Å²) in [6, 6.07) is 0.881. The Labute approximate surface area is 130 Å². The number of halogens is 2. The molecule has 0 saturated heterocycles. The smallest absolute Gasteiger partial charge is 0.168 e. The number of hydrogen-bond acceptors (Lipinski definition) is 4. The molecule has 0 aliphatic rings. The maximum absolute atomic E-state index is 13.8. The van der Waals surface area contributed by atoms with E-state index in [0.717, 1.165) is 25.3 Å². The molecule has 21 heavy (non-hydrogen) atoms. The van der Waals surface area contributed by atoms with Crippen LogP contribution in [0.5, 0.6) is 0 Å². The quantitative estimate of drug-likeness (QED) is 0.702. The van der Waals surface area contributed by atoms with Crippen LogP contribution in [-0.2, 0) is 0 Å². The van der Waals surface area contributed by atoms with Crippen molar-refractivity contribution in [2.24, 2.45) is 0 Å². The van der Waals surface area contributed by atoms with Crippen LogP contribution < -0.4 is 10.6 Å². The van der Waals surface area contributed by atoms with Crippen LogP contribution in [0.2, 0.25) is 0 Å². The first-order valence-corrected chi connectivity index (χ1v) is 8.63. The molecule has 1 aromatic rings. The summed E-state index contributed by atoms with van der Waals surface area (Å²) in [7, 11) is 0. The first-order valence-electron chi connectivity index (χ1n) is 7.40. The van der Waals surface area contributed by atoms with Crippen LogP contribution in [0.15, 0.2) is 6.07 Å². The van der Waals surface area contributed by atoms with Gasteiger partial charge in [0.15, 0.2) is 23.3 Å². The lowest BCUT2D eigenvalue weighted by atomic mass is 10.0. The van der Waals surface area contributed by atoms with Crippen molar-refractivity contribution < 1.29 is 8.78 Å². The summed E-state index contributed by atoms with van der Waals surface area (Å²) < 4.78 is 27.5. The molecule has 0 amide bonds. The van der Waals surface area contributed by atoms with Crippen molar-refractivity contribution >= 4 is 23.4 Å². The second-order valence-electron chi connectivity index (χ2n) is 5.02. The second-order valence-corrected chi connectivity index (χ2v) is 6.30. The topological polar surface area (TPSA) is 37.0 Å². The number of anilines is 2. The minimum absolute atomic E-state index is 0.0412. The van der Waals surface area contributed by atoms with Crippen LogP contribution in [-0.4, -0.2) is 29.1 Å². The van der Waals surface area contributed by atoms with Crippen LogP contribution in [0.3, 0.4) is 0 Å². The van der Waals surface area contributed by atoms with Crippen molar-refractivity contribution in [1.29, 1.82) is 0 Å². The summed E-state index contributed by atoms with van der Waals surface area (Å²) in [4.78, 5) is 4.03. The van der Waals surface area contributed by atoms with Gasteiger partial charge in [0.2, 0.25) is 0 Å². The highest BCUT2D eigenvalue weighted by Crippen LogP contribution is 2.31. The van der Waals surface area contributed by atoms with E-state index in [-0.39, 0.29) is 16.4 Å². The van der Waals surface area contributed by atoms with Crippen LogP contribution in [0.25, 0.3) is 0 Å². The lowest BCUT2D eigenvalue weighted by Gasteiger charge is -2.30. The maximum Gasteiger partial charge on any atom is 0.168 e. The third-order valence-corrected chi connectivity index (χ3v) is 5.36. The van der Waals surface area contributed by atoms with Crippen LogP contribution in [0, 0.1) is 11.6 Å². The van der Waals surface area contributed by atoms with E-state index in [1.807, 2.05) is 6.92 Å². The molecule has 0 radical (unpaired) electrons. The number of nitrogens with zero attached hydrogens (tertiary/aromatic N) is 1. The Hall–Kier alpha value is -1.04. The number of nitrogens with one attached hydrogen (secondary N) is 2. The third-order valence-electron chi connectivity index (χ3n) is 3.77. The normalized spacial score (nSPS) is 11.5. The van der Waals surface area contributed by atoms with Gasteiger partial charge in [-0.05, 0) is 25.5 Å². The Morgan fingerprint density at radius 3 is 2.14 bits per heavy atom. The molecule has 0 saturated carbocycles. The predicted molar refractivity (Wildman–Crippen MR) is 88.3 cm³/mol. The average molecular weight is 317 g/mol. The number of thioether (sulfide) groups is 1. The molecular weight excluding hydrogens is 292 g/mol. The van der Waals surface area contributed by atoms with Gasteiger partial charge in [0, 0.05) is 23.9 Å². The largest absolute Gasteiger partial charge is 0.368 e. The Morgan fingerprint density at radius 1 is 1.10 bits per heavy atom. The van der Waals surface area contributed by atoms with E-state index >= 15 is 0 Å². The molecule has 0 bridgehead atoms. The zero-order valence-corrected chi connectivity index (χ0v) is 14.0. The lowest BCUT2D eigenvalue weighted by molar-refractivity contribution is 0.559. The Morgan fingerprint density at radius 2 is 1.67 bits per heavy atom. The average Bonchev–Trinajstić information content (AvgIpc) is 2.49. The van der Waals surface area contributed by atoms with Gasteiger partial charge >= 0.3 is 0 Å². The number of hydrogen-bond donors (Lipinski definition) is 2. The molecule has 3 nitrogen and oxygen atoms in total. The first-order chi connectivity index (χ1) is 10.0. The van der Waals surface area contributed by atoms with E-state index in [4.69, 9.17) is 0 Å². The molecular formula is C15H25F2N3S. The van der Waals surface area contributed by atoms with Gasteiger partial charge in [-0.25, -0.2) is 13.8 Å². The SMILES string of the molecule is CCCNc1nc(NCC(CC)(CC)SC)c(F)cc1F. The Bertz CT molecular complexity index is 443. The summed E-state index contributed by atoms with van der Waals surface area (Å²) in [5.74, 6) is -1.11. The first kappa shape index (κ1) is 18.0. The van der Waals surface area contributed by atoms with Gasteiger partial charge in [-0.1, -0.05) is 20.8 Å². The fraction of sp³-hybridized carbons (Fsp3) is 0.667. The van der Waals surface area contributed by atoms with E-state index in [9.17, 15) is 8.78 Å². The molecule has 0 fully saturated rings. The summed E-state index contributed by atoms with van der Waals surface area (Å²) in [5, 5.41) is 5.91. The number of pyridine rings is 1. The molecule has 120 valence electrons. The van der Waals surface area contributed by atoms with Crippen molar-refractivity contribution in [2.75, 3.05) is 30.0 Å². The Kier molecular flexibility index (Phi) is 7.22. The summed E-state index contributed by atoms with van der Waals surface area (Å²) in [6.45, 7) is 7.41. The highest BCUT2D eigenvalue weighted by Gasteiger charge is 2.25. The Balaban J connectivity index is 2.87. The van der Waals surface area contributed by atoms with Crippen molar-refractivity contribution in [3.8, 4) is 0 Å². The van der Waals surface area contributed by atoms with Crippen molar-refractivity contribution in [1.82, 2.24) is 4.98 Å². The maximum atomic E-state index is 13.8. The minimum atomic E-state index is -0.659. The summed E-state index contributed by atoms with van der Waals surface area (Å²) in [5.41, 5.74) is 0. The summed E-state index contributed by atoms with van der Waals surface area (Å²) >= 11 is 1.76. The van der Waals surface area contributed by atoms with E-state index in [0.29, 0.717) is 13.1 Å². The van der Waals surface area contributed by atoms with Crippen LogP contribution in [0.1, 0.15) is 40.0 Å². The minimum Gasteiger partial charge on any atom is -0.368 e. The standard InChI is InChI=1S/C15H25F2N3S/c1-5-8-18-13-11(16)9-12(17)14(20-13)19-10-15(6-2,7-3)21-4/h9H,5-8,10H2,1-4H3,(H2,18,19,20). The van der Waals surface area contributed by atoms with Gasteiger partial charge in [-0.2, -0.15) is 11.8 Å². The van der Waals surface area contributed by atoms with Crippen LogP contribution in [0.4, 0.5) is 20.4 Å². The van der Waals surface area contributed by atoms with Gasteiger partial charge in [-0.15, -0.1) is 0 Å². The zero-order chi connectivity index (χ0) is 15.9. The highest BCUT2D eigenvalue weighted by atomic mass is 32.2. The fourth-order valence-corrected chi connectivity index (χ4v) is 2.86. The third kappa shape index (κ3) is 4.73. The van der Waals surface area contributed by atoms with Crippen LogP contribution >= 0.6 is 11.8 Å². The molecule has 1 rings (SSSR count). The van der Waals surface area contributed by atoms with E-state index in [2.05, 4.69) is 35.7 Å². The predicted octanol–water partition coefficient (Wildman–Crippen LogP) is 4.52. The molecule has 0 aliphatic heterocycles. The molecule has 1 heterocycles. The van der Waals surface area contributed by atoms with Crippen molar-refractivity contribution in [2.45, 2.75) is 44.8 Å². The van der Waals surface area contributed by atoms with Crippen molar-refractivity contribution in [3.05, 3.63) is 17.7 Å². The zero-order valence-electron chi connectivity index (χ0n) is 13.2. The van der Waals surface area contributed by atoms with E-state index < -0.39 is 11.6 Å². The van der Waals surface area contributed by atoms with Gasteiger partial charge in [0.05, 0.1) is 0 Å². The molecule has 2 N–H and O–H groups in total. The molecule has 0 aliphatic carbocycles. The second kappa shape index (κ2) is 8.41. The molecule has 0 spiro atoms. The number of rotatable bonds is 9. The summed E-state index contributed by atoms with van der Waals surface area (Å²) in [6.07, 6.45) is 4.85. The highest BCUT2D eigenvalue weighted by molar-refractivity contribution is 8.00. The molecule has 0 atom stereocenters. The number of aromatic nitrogens is 1. The molecule has 6 heteroatoms. The van der Waals surface area contributed by atoms with E-state index in [1.54, 1.807) is 11.8 Å². The molecule has 0 unspecified atom stereocenters. The monoisotopic (exact) mass is 317 g/mol. The molecule has 1 aromatic heterocycles. The van der Waals surface area contributed by atoms with Gasteiger partial charge in [0.25, 0.3) is 0 Å². The lowest BCUT2D eigenvalue weighted by Crippen LogP contribution is -2.32. The fourth-order valence-electron chi connectivity index (χ4n) is 2.06.